The van der Waals surface area contributed by atoms with Crippen LogP contribution in [-0.4, -0.2) is 28.2 Å². The van der Waals surface area contributed by atoms with Crippen molar-refractivity contribution in [1.82, 2.24) is 15.0 Å². The molecule has 0 aliphatic heterocycles. The number of benzene rings is 1. The summed E-state index contributed by atoms with van der Waals surface area (Å²) in [5.74, 6) is 1.17. The Kier molecular flexibility index (Phi) is 5.14. The van der Waals surface area contributed by atoms with Crippen LogP contribution in [0.1, 0.15) is 20.3 Å². The molecule has 0 aliphatic carbocycles. The Morgan fingerprint density at radius 2 is 1.67 bits per heavy atom. The van der Waals surface area contributed by atoms with Gasteiger partial charge in [0.2, 0.25) is 5.95 Å². The summed E-state index contributed by atoms with van der Waals surface area (Å²) in [6, 6.07) is 7.49. The fourth-order valence-electron chi connectivity index (χ4n) is 1.56. The second-order valence-electron chi connectivity index (χ2n) is 4.09. The largest absolute Gasteiger partial charge is 0.490 e. The van der Waals surface area contributed by atoms with E-state index in [1.807, 2.05) is 32.0 Å². The SMILES string of the molecule is CCCOc1ccccc1Oc1nc(N)nc(OCC)n1. The molecule has 7 heteroatoms. The van der Waals surface area contributed by atoms with Gasteiger partial charge in [-0.3, -0.25) is 0 Å². The highest BCUT2D eigenvalue weighted by atomic mass is 16.5. The van der Waals surface area contributed by atoms with E-state index < -0.39 is 0 Å². The predicted octanol–water partition coefficient (Wildman–Crippen LogP) is 2.43. The molecule has 0 amide bonds. The minimum absolute atomic E-state index is 0.0374. The molecule has 1 aromatic carbocycles. The lowest BCUT2D eigenvalue weighted by atomic mass is 10.3. The lowest BCUT2D eigenvalue weighted by Crippen LogP contribution is -2.05. The van der Waals surface area contributed by atoms with E-state index in [0.717, 1.165) is 6.42 Å². The first-order valence-electron chi connectivity index (χ1n) is 6.77. The molecule has 0 saturated heterocycles. The maximum Gasteiger partial charge on any atom is 0.330 e. The van der Waals surface area contributed by atoms with E-state index in [2.05, 4.69) is 15.0 Å². The van der Waals surface area contributed by atoms with Gasteiger partial charge in [0.15, 0.2) is 11.5 Å². The van der Waals surface area contributed by atoms with Gasteiger partial charge in [-0.1, -0.05) is 19.1 Å². The molecule has 0 spiro atoms. The number of nitrogen functional groups attached to an aromatic ring is 1. The standard InChI is InChI=1S/C14H18N4O3/c1-3-9-20-10-7-5-6-8-11(10)21-14-17-12(15)16-13(18-14)19-4-2/h5-8H,3-4,9H2,1-2H3,(H2,15,16,17,18). The van der Waals surface area contributed by atoms with Crippen LogP contribution in [-0.2, 0) is 0 Å². The molecule has 2 rings (SSSR count). The normalized spacial score (nSPS) is 10.2. The molecule has 0 radical (unpaired) electrons. The lowest BCUT2D eigenvalue weighted by Gasteiger charge is -2.11. The molecule has 1 heterocycles. The first kappa shape index (κ1) is 14.8. The van der Waals surface area contributed by atoms with Crippen LogP contribution in [0.25, 0.3) is 0 Å². The smallest absolute Gasteiger partial charge is 0.330 e. The molecule has 21 heavy (non-hydrogen) atoms. The molecule has 0 atom stereocenters. The zero-order valence-corrected chi connectivity index (χ0v) is 12.1. The number of rotatable bonds is 7. The highest BCUT2D eigenvalue weighted by molar-refractivity contribution is 5.41. The van der Waals surface area contributed by atoms with Crippen molar-refractivity contribution in [1.29, 1.82) is 0 Å². The van der Waals surface area contributed by atoms with Crippen LogP contribution in [0.5, 0.6) is 23.5 Å². The summed E-state index contributed by atoms with van der Waals surface area (Å²) < 4.78 is 16.4. The number of hydrogen-bond acceptors (Lipinski definition) is 7. The summed E-state index contributed by atoms with van der Waals surface area (Å²) in [4.78, 5) is 11.8. The summed E-state index contributed by atoms with van der Waals surface area (Å²) in [5.41, 5.74) is 5.61. The molecule has 2 aromatic rings. The maximum absolute atomic E-state index is 5.63. The van der Waals surface area contributed by atoms with Gasteiger partial charge in [-0.25, -0.2) is 0 Å². The summed E-state index contributed by atoms with van der Waals surface area (Å²) in [7, 11) is 0. The first-order chi connectivity index (χ1) is 10.2. The molecule has 7 nitrogen and oxygen atoms in total. The third-order valence-electron chi connectivity index (χ3n) is 2.40. The monoisotopic (exact) mass is 290 g/mol. The second kappa shape index (κ2) is 7.28. The fraction of sp³-hybridized carbons (Fsp3) is 0.357. The summed E-state index contributed by atoms with van der Waals surface area (Å²) in [6.07, 6.45) is 0.904. The number of aromatic nitrogens is 3. The molecule has 112 valence electrons. The van der Waals surface area contributed by atoms with Crippen molar-refractivity contribution >= 4 is 5.95 Å². The van der Waals surface area contributed by atoms with Gasteiger partial charge < -0.3 is 19.9 Å². The van der Waals surface area contributed by atoms with Crippen molar-refractivity contribution in [3.05, 3.63) is 24.3 Å². The van der Waals surface area contributed by atoms with Crippen molar-refractivity contribution in [2.75, 3.05) is 18.9 Å². The zero-order valence-electron chi connectivity index (χ0n) is 12.1. The number of ether oxygens (including phenoxy) is 3. The van der Waals surface area contributed by atoms with Crippen molar-refractivity contribution in [2.24, 2.45) is 0 Å². The molecule has 0 fully saturated rings. The Morgan fingerprint density at radius 1 is 0.952 bits per heavy atom. The zero-order chi connectivity index (χ0) is 15.1. The Morgan fingerprint density at radius 3 is 2.38 bits per heavy atom. The second-order valence-corrected chi connectivity index (χ2v) is 4.09. The number of hydrogen-bond donors (Lipinski definition) is 1. The maximum atomic E-state index is 5.63. The van der Waals surface area contributed by atoms with Crippen molar-refractivity contribution < 1.29 is 14.2 Å². The molecular weight excluding hydrogens is 272 g/mol. The first-order valence-corrected chi connectivity index (χ1v) is 6.77. The number of para-hydroxylation sites is 2. The van der Waals surface area contributed by atoms with E-state index in [-0.39, 0.29) is 18.0 Å². The number of nitrogens with two attached hydrogens (primary N) is 1. The van der Waals surface area contributed by atoms with Gasteiger partial charge in [0.1, 0.15) is 0 Å². The minimum atomic E-state index is 0.0374. The lowest BCUT2D eigenvalue weighted by molar-refractivity contribution is 0.290. The van der Waals surface area contributed by atoms with Crippen LogP contribution in [0.2, 0.25) is 0 Å². The van der Waals surface area contributed by atoms with Gasteiger partial charge in [-0.15, -0.1) is 4.98 Å². The van der Waals surface area contributed by atoms with E-state index in [9.17, 15) is 0 Å². The third kappa shape index (κ3) is 4.20. The molecule has 1 aromatic heterocycles. The van der Waals surface area contributed by atoms with Crippen molar-refractivity contribution in [3.63, 3.8) is 0 Å². The van der Waals surface area contributed by atoms with Gasteiger partial charge in [-0.05, 0) is 25.5 Å². The van der Waals surface area contributed by atoms with E-state index in [4.69, 9.17) is 19.9 Å². The Bertz CT molecular complexity index is 592. The Hall–Kier alpha value is -2.57. The van der Waals surface area contributed by atoms with Crippen LogP contribution in [0.4, 0.5) is 5.95 Å². The van der Waals surface area contributed by atoms with Crippen LogP contribution in [0.3, 0.4) is 0 Å². The van der Waals surface area contributed by atoms with Gasteiger partial charge in [0.05, 0.1) is 13.2 Å². The summed E-state index contributed by atoms with van der Waals surface area (Å²) >= 11 is 0. The quantitative estimate of drug-likeness (QED) is 0.837. The highest BCUT2D eigenvalue weighted by Crippen LogP contribution is 2.30. The third-order valence-corrected chi connectivity index (χ3v) is 2.40. The van der Waals surface area contributed by atoms with Crippen LogP contribution >= 0.6 is 0 Å². The van der Waals surface area contributed by atoms with Crippen LogP contribution in [0.15, 0.2) is 24.3 Å². The molecule has 0 bridgehead atoms. The highest BCUT2D eigenvalue weighted by Gasteiger charge is 2.10. The van der Waals surface area contributed by atoms with Crippen LogP contribution in [0, 0.1) is 0 Å². The molecule has 0 aliphatic rings. The summed E-state index contributed by atoms with van der Waals surface area (Å²) in [6.45, 7) is 4.89. The van der Waals surface area contributed by atoms with E-state index in [0.29, 0.717) is 24.7 Å². The molecular formula is C14H18N4O3. The van der Waals surface area contributed by atoms with E-state index >= 15 is 0 Å². The average molecular weight is 290 g/mol. The number of anilines is 1. The predicted molar refractivity (Wildman–Crippen MR) is 77.7 cm³/mol. The van der Waals surface area contributed by atoms with E-state index in [1.54, 1.807) is 6.07 Å². The van der Waals surface area contributed by atoms with Gasteiger partial charge >= 0.3 is 12.0 Å². The van der Waals surface area contributed by atoms with Gasteiger partial charge in [0.25, 0.3) is 0 Å². The summed E-state index contributed by atoms with van der Waals surface area (Å²) in [5, 5.41) is 0. The average Bonchev–Trinajstić information content (AvgIpc) is 2.46. The Labute approximate surface area is 123 Å². The van der Waals surface area contributed by atoms with Crippen LogP contribution < -0.4 is 19.9 Å². The topological polar surface area (TPSA) is 92.4 Å². The number of nitrogens with zero attached hydrogens (tertiary/aromatic N) is 3. The molecule has 0 saturated carbocycles. The molecule has 2 N–H and O–H groups in total. The van der Waals surface area contributed by atoms with Gasteiger partial charge in [0, 0.05) is 0 Å². The van der Waals surface area contributed by atoms with Gasteiger partial charge in [-0.2, -0.15) is 9.97 Å². The minimum Gasteiger partial charge on any atom is -0.490 e. The molecule has 0 unspecified atom stereocenters. The van der Waals surface area contributed by atoms with Crippen molar-refractivity contribution in [3.8, 4) is 23.5 Å². The fourth-order valence-corrected chi connectivity index (χ4v) is 1.56. The van der Waals surface area contributed by atoms with E-state index in [1.165, 1.54) is 0 Å². The van der Waals surface area contributed by atoms with Crippen molar-refractivity contribution in [2.45, 2.75) is 20.3 Å². The Balaban J connectivity index is 2.21.